The minimum Gasteiger partial charge on any atom is -0.325 e. The van der Waals surface area contributed by atoms with Gasteiger partial charge in [-0.25, -0.2) is 4.39 Å². The van der Waals surface area contributed by atoms with Crippen LogP contribution >= 0.6 is 11.6 Å². The molecule has 0 saturated carbocycles. The van der Waals surface area contributed by atoms with E-state index in [0.29, 0.717) is 23.0 Å². The van der Waals surface area contributed by atoms with Crippen LogP contribution in [0.1, 0.15) is 38.2 Å². The Morgan fingerprint density at radius 3 is 2.59 bits per heavy atom. The molecule has 1 N–H and O–H groups in total. The van der Waals surface area contributed by atoms with Crippen LogP contribution in [0.25, 0.3) is 10.9 Å². The number of nitrogens with one attached hydrogen (secondary N) is 1. The zero-order valence-electron chi connectivity index (χ0n) is 18.1. The third-order valence-electron chi connectivity index (χ3n) is 7.13. The van der Waals surface area contributed by atoms with Crippen molar-refractivity contribution in [1.82, 2.24) is 9.88 Å². The van der Waals surface area contributed by atoms with Gasteiger partial charge in [0, 0.05) is 34.4 Å². The lowest BCUT2D eigenvalue weighted by atomic mass is 9.84. The third-order valence-corrected chi connectivity index (χ3v) is 7.38. The Labute approximate surface area is 192 Å². The molecule has 4 nitrogen and oxygen atoms in total. The molecule has 0 aliphatic carbocycles. The predicted molar refractivity (Wildman–Crippen MR) is 126 cm³/mol. The number of hydrogen-bond acceptors (Lipinski definition) is 3. The minimum absolute atomic E-state index is 0.0262. The fourth-order valence-electron chi connectivity index (χ4n) is 5.70. The number of benzene rings is 2. The topological polar surface area (TPSA) is 45.2 Å². The van der Waals surface area contributed by atoms with Crippen LogP contribution in [0.5, 0.6) is 0 Å². The van der Waals surface area contributed by atoms with Gasteiger partial charge in [-0.3, -0.25) is 14.7 Å². The molecule has 3 heterocycles. The number of carbonyl (C=O) groups excluding carboxylic acids is 1. The van der Waals surface area contributed by atoms with Crippen molar-refractivity contribution in [3.63, 3.8) is 0 Å². The molecule has 2 aliphatic rings. The van der Waals surface area contributed by atoms with Gasteiger partial charge in [0.25, 0.3) is 0 Å². The normalized spacial score (nSPS) is 23.9. The van der Waals surface area contributed by atoms with Crippen molar-refractivity contribution >= 4 is 34.1 Å². The lowest BCUT2D eigenvalue weighted by Gasteiger charge is -2.42. The van der Waals surface area contributed by atoms with E-state index in [4.69, 9.17) is 11.6 Å². The number of piperidine rings is 1. The van der Waals surface area contributed by atoms with Gasteiger partial charge in [-0.15, -0.1) is 0 Å². The van der Waals surface area contributed by atoms with Crippen LogP contribution in [0, 0.1) is 11.7 Å². The summed E-state index contributed by atoms with van der Waals surface area (Å²) in [5, 5.41) is 4.60. The Kier molecular flexibility index (Phi) is 5.87. The van der Waals surface area contributed by atoms with Crippen molar-refractivity contribution in [2.24, 2.45) is 5.92 Å². The van der Waals surface area contributed by atoms with Crippen molar-refractivity contribution in [2.45, 2.75) is 57.2 Å². The zero-order valence-corrected chi connectivity index (χ0v) is 18.9. The third kappa shape index (κ3) is 4.24. The molecule has 3 aromatic rings. The molecule has 2 bridgehead atoms. The van der Waals surface area contributed by atoms with E-state index in [0.717, 1.165) is 48.7 Å². The largest absolute Gasteiger partial charge is 0.325 e. The summed E-state index contributed by atoms with van der Waals surface area (Å²) in [6.45, 7) is 2.01. The molecule has 0 spiro atoms. The van der Waals surface area contributed by atoms with Crippen LogP contribution in [-0.2, 0) is 11.2 Å². The van der Waals surface area contributed by atoms with Gasteiger partial charge in [-0.05, 0) is 99.0 Å². The van der Waals surface area contributed by atoms with E-state index in [1.807, 2.05) is 31.3 Å². The number of rotatable bonds is 5. The van der Waals surface area contributed by atoms with Crippen molar-refractivity contribution in [2.75, 3.05) is 5.32 Å². The predicted octanol–water partition coefficient (Wildman–Crippen LogP) is 5.84. The van der Waals surface area contributed by atoms with Crippen LogP contribution < -0.4 is 5.32 Å². The van der Waals surface area contributed by atoms with Gasteiger partial charge in [0.15, 0.2) is 0 Å². The van der Waals surface area contributed by atoms with Gasteiger partial charge < -0.3 is 5.32 Å². The molecule has 5 rings (SSSR count). The Bertz CT molecular complexity index is 1120. The maximum atomic E-state index is 13.8. The lowest BCUT2D eigenvalue weighted by Crippen LogP contribution is -2.52. The van der Waals surface area contributed by atoms with Gasteiger partial charge in [0.1, 0.15) is 5.82 Å². The molecule has 2 fully saturated rings. The fourth-order valence-corrected chi connectivity index (χ4v) is 5.83. The average molecular weight is 452 g/mol. The maximum Gasteiger partial charge on any atom is 0.241 e. The number of pyridine rings is 1. The summed E-state index contributed by atoms with van der Waals surface area (Å²) in [6.07, 6.45) is 7.14. The van der Waals surface area contributed by atoms with Crippen molar-refractivity contribution in [3.8, 4) is 0 Å². The first-order valence-corrected chi connectivity index (χ1v) is 11.7. The number of hydrogen-bond donors (Lipinski definition) is 1. The van der Waals surface area contributed by atoms with Crippen molar-refractivity contribution in [1.29, 1.82) is 0 Å². The van der Waals surface area contributed by atoms with E-state index in [9.17, 15) is 9.18 Å². The van der Waals surface area contributed by atoms with Crippen LogP contribution in [-0.4, -0.2) is 33.9 Å². The molecule has 2 saturated heterocycles. The first kappa shape index (κ1) is 21.4. The Morgan fingerprint density at radius 2 is 1.88 bits per heavy atom. The summed E-state index contributed by atoms with van der Waals surface area (Å²) in [4.78, 5) is 19.7. The molecule has 6 heteroatoms. The maximum absolute atomic E-state index is 13.8. The Hall–Kier alpha value is -2.50. The molecule has 3 atom stereocenters. The summed E-state index contributed by atoms with van der Waals surface area (Å²) in [5.41, 5.74) is 2.78. The quantitative estimate of drug-likeness (QED) is 0.530. The standard InChI is InChI=1S/C26H27ClFN3O/c1-16(26(32)30-21-5-2-19(27)3-6-21)31-22-7-8-23(31)14-17(13-22)12-18-10-11-29-25-9-4-20(28)15-24(18)25/h2-6,9-11,15-17,22-23H,7-8,12-14H2,1H3,(H,30,32). The summed E-state index contributed by atoms with van der Waals surface area (Å²) in [5.74, 6) is 0.338. The molecule has 0 radical (unpaired) electrons. The van der Waals surface area contributed by atoms with Gasteiger partial charge >= 0.3 is 0 Å². The zero-order chi connectivity index (χ0) is 22.2. The second-order valence-corrected chi connectivity index (χ2v) is 9.61. The number of anilines is 1. The SMILES string of the molecule is CC(C(=O)Nc1ccc(Cl)cc1)N1C2CCC1CC(Cc1ccnc3ccc(F)cc13)C2. The second-order valence-electron chi connectivity index (χ2n) is 9.18. The summed E-state index contributed by atoms with van der Waals surface area (Å²) < 4.78 is 13.8. The molecule has 166 valence electrons. The molecular weight excluding hydrogens is 425 g/mol. The van der Waals surface area contributed by atoms with E-state index in [-0.39, 0.29) is 17.8 Å². The fraction of sp³-hybridized carbons (Fsp3) is 0.385. The van der Waals surface area contributed by atoms with Crippen LogP contribution in [0.2, 0.25) is 5.02 Å². The van der Waals surface area contributed by atoms with Gasteiger partial charge in [-0.1, -0.05) is 11.6 Å². The van der Waals surface area contributed by atoms with Gasteiger partial charge in [0.2, 0.25) is 5.91 Å². The summed E-state index contributed by atoms with van der Waals surface area (Å²) >= 11 is 5.95. The second kappa shape index (κ2) is 8.80. The highest BCUT2D eigenvalue weighted by Gasteiger charge is 2.44. The molecule has 2 aliphatic heterocycles. The average Bonchev–Trinajstić information content (AvgIpc) is 3.05. The van der Waals surface area contributed by atoms with E-state index in [1.165, 1.54) is 11.6 Å². The highest BCUT2D eigenvalue weighted by molar-refractivity contribution is 6.30. The Balaban J connectivity index is 1.27. The minimum atomic E-state index is -0.220. The molecular formula is C26H27ClFN3O. The van der Waals surface area contributed by atoms with E-state index in [2.05, 4.69) is 15.2 Å². The van der Waals surface area contributed by atoms with Crippen LogP contribution in [0.4, 0.5) is 10.1 Å². The molecule has 1 amide bonds. The molecule has 2 aromatic carbocycles. The number of amides is 1. The first-order valence-electron chi connectivity index (χ1n) is 11.3. The number of nitrogens with zero attached hydrogens (tertiary/aromatic N) is 2. The summed E-state index contributed by atoms with van der Waals surface area (Å²) in [6, 6.07) is 14.7. The van der Waals surface area contributed by atoms with Gasteiger partial charge in [0.05, 0.1) is 11.6 Å². The lowest BCUT2D eigenvalue weighted by molar-refractivity contribution is -0.122. The molecule has 3 unspecified atom stereocenters. The monoisotopic (exact) mass is 451 g/mol. The van der Waals surface area contributed by atoms with Gasteiger partial charge in [-0.2, -0.15) is 0 Å². The van der Waals surface area contributed by atoms with E-state index in [1.54, 1.807) is 24.3 Å². The molecule has 32 heavy (non-hydrogen) atoms. The van der Waals surface area contributed by atoms with E-state index >= 15 is 0 Å². The highest BCUT2D eigenvalue weighted by atomic mass is 35.5. The number of carbonyl (C=O) groups is 1. The number of fused-ring (bicyclic) bond motifs is 3. The van der Waals surface area contributed by atoms with Crippen LogP contribution in [0.15, 0.2) is 54.7 Å². The summed E-state index contributed by atoms with van der Waals surface area (Å²) in [7, 11) is 0. The van der Waals surface area contributed by atoms with Crippen molar-refractivity contribution in [3.05, 3.63) is 71.1 Å². The number of halogens is 2. The van der Waals surface area contributed by atoms with Crippen LogP contribution in [0.3, 0.4) is 0 Å². The van der Waals surface area contributed by atoms with E-state index < -0.39 is 0 Å². The number of aromatic nitrogens is 1. The Morgan fingerprint density at radius 1 is 1.16 bits per heavy atom. The van der Waals surface area contributed by atoms with Crippen molar-refractivity contribution < 1.29 is 9.18 Å². The smallest absolute Gasteiger partial charge is 0.241 e. The molecule has 1 aromatic heterocycles. The first-order chi connectivity index (χ1) is 15.5. The highest BCUT2D eigenvalue weighted by Crippen LogP contribution is 2.41.